The van der Waals surface area contributed by atoms with E-state index in [-0.39, 0.29) is 0 Å². The molecule has 0 saturated heterocycles. The summed E-state index contributed by atoms with van der Waals surface area (Å²) in [4.78, 5) is 1.15. The van der Waals surface area contributed by atoms with E-state index in [9.17, 15) is 0 Å². The molecule has 0 aromatic heterocycles. The smallest absolute Gasteiger partial charge is 0.140 e. The lowest BCUT2D eigenvalue weighted by Gasteiger charge is -2.10. The number of hydrogen-bond donors (Lipinski definition) is 1. The van der Waals surface area contributed by atoms with Gasteiger partial charge >= 0.3 is 0 Å². The van der Waals surface area contributed by atoms with E-state index in [1.54, 1.807) is 11.8 Å². The van der Waals surface area contributed by atoms with Crippen molar-refractivity contribution in [3.05, 3.63) is 54.1 Å². The number of benzene rings is 2. The second kappa shape index (κ2) is 7.22. The van der Waals surface area contributed by atoms with Gasteiger partial charge in [-0.25, -0.2) is 0 Å². The Kier molecular flexibility index (Phi) is 5.31. The molecule has 0 bridgehead atoms. The fourth-order valence-electron chi connectivity index (χ4n) is 1.77. The van der Waals surface area contributed by atoms with Crippen molar-refractivity contribution >= 4 is 11.8 Å². The van der Waals surface area contributed by atoms with Crippen LogP contribution in [0.5, 0.6) is 11.5 Å². The molecular weight excluding hydrogens is 254 g/mol. The Morgan fingerprint density at radius 3 is 2.47 bits per heavy atom. The molecule has 2 nitrogen and oxygen atoms in total. The summed E-state index contributed by atoms with van der Waals surface area (Å²) in [5, 5.41) is 3.31. The molecule has 0 aliphatic carbocycles. The van der Waals surface area contributed by atoms with Gasteiger partial charge in [-0.3, -0.25) is 0 Å². The normalized spacial score (nSPS) is 10.4. The molecule has 2 rings (SSSR count). The van der Waals surface area contributed by atoms with Crippen molar-refractivity contribution in [2.75, 3.05) is 12.8 Å². The van der Waals surface area contributed by atoms with Crippen molar-refractivity contribution in [2.45, 2.75) is 18.4 Å². The van der Waals surface area contributed by atoms with Crippen LogP contribution in [0.25, 0.3) is 0 Å². The molecule has 0 unspecified atom stereocenters. The van der Waals surface area contributed by atoms with Gasteiger partial charge < -0.3 is 10.1 Å². The minimum absolute atomic E-state index is 0.877. The molecule has 0 radical (unpaired) electrons. The zero-order valence-electron chi connectivity index (χ0n) is 11.3. The predicted molar refractivity (Wildman–Crippen MR) is 82.1 cm³/mol. The molecule has 2 aromatic carbocycles. The van der Waals surface area contributed by atoms with Crippen LogP contribution in [-0.2, 0) is 6.54 Å². The Hall–Kier alpha value is -1.45. The Morgan fingerprint density at radius 2 is 1.79 bits per heavy atom. The van der Waals surface area contributed by atoms with E-state index >= 15 is 0 Å². The average molecular weight is 273 g/mol. The summed E-state index contributed by atoms with van der Waals surface area (Å²) in [7, 11) is 0. The maximum Gasteiger partial charge on any atom is 0.140 e. The quantitative estimate of drug-likeness (QED) is 0.792. The summed E-state index contributed by atoms with van der Waals surface area (Å²) in [6.45, 7) is 3.99. The fourth-order valence-corrected chi connectivity index (χ4v) is 2.30. The first-order valence-corrected chi connectivity index (χ1v) is 7.66. The lowest BCUT2D eigenvalue weighted by molar-refractivity contribution is 0.471. The second-order valence-electron chi connectivity index (χ2n) is 4.18. The van der Waals surface area contributed by atoms with Crippen molar-refractivity contribution in [3.63, 3.8) is 0 Å². The van der Waals surface area contributed by atoms with Crippen LogP contribution in [0.15, 0.2) is 53.4 Å². The highest BCUT2D eigenvalue weighted by molar-refractivity contribution is 7.98. The van der Waals surface area contributed by atoms with Crippen LogP contribution in [0, 0.1) is 0 Å². The monoisotopic (exact) mass is 273 g/mol. The van der Waals surface area contributed by atoms with Crippen LogP contribution < -0.4 is 10.1 Å². The molecule has 0 saturated carbocycles. The Bertz CT molecular complexity index is 510. The van der Waals surface area contributed by atoms with E-state index < -0.39 is 0 Å². The van der Waals surface area contributed by atoms with Gasteiger partial charge in [-0.15, -0.1) is 11.8 Å². The summed E-state index contributed by atoms with van der Waals surface area (Å²) in [5.74, 6) is 1.79. The van der Waals surface area contributed by atoms with Crippen molar-refractivity contribution < 1.29 is 4.74 Å². The predicted octanol–water partition coefficient (Wildman–Crippen LogP) is 4.31. The van der Waals surface area contributed by atoms with Crippen LogP contribution in [0.2, 0.25) is 0 Å². The third-order valence-electron chi connectivity index (χ3n) is 2.80. The fraction of sp³-hybridized carbons (Fsp3) is 0.250. The average Bonchev–Trinajstić information content (AvgIpc) is 2.47. The number of thioether (sulfide) groups is 1. The zero-order valence-corrected chi connectivity index (χ0v) is 12.2. The SMILES string of the molecule is CCNCc1ccc(Oc2ccccc2SC)cc1. The molecule has 1 N–H and O–H groups in total. The Labute approximate surface area is 119 Å². The van der Waals surface area contributed by atoms with E-state index in [0.29, 0.717) is 0 Å². The van der Waals surface area contributed by atoms with Gasteiger partial charge in [0.15, 0.2) is 0 Å². The summed E-state index contributed by atoms with van der Waals surface area (Å²) in [5.41, 5.74) is 1.27. The van der Waals surface area contributed by atoms with Gasteiger partial charge in [0.25, 0.3) is 0 Å². The lowest BCUT2D eigenvalue weighted by Crippen LogP contribution is -2.11. The van der Waals surface area contributed by atoms with Gasteiger partial charge in [0, 0.05) is 11.4 Å². The maximum absolute atomic E-state index is 5.92. The molecule has 3 heteroatoms. The van der Waals surface area contributed by atoms with Crippen LogP contribution in [-0.4, -0.2) is 12.8 Å². The molecule has 2 aromatic rings. The van der Waals surface area contributed by atoms with Gasteiger partial charge in [0.05, 0.1) is 0 Å². The standard InChI is InChI=1S/C16H19NOS/c1-3-17-12-13-8-10-14(11-9-13)18-15-6-4-5-7-16(15)19-2/h4-11,17H,3,12H2,1-2H3. The number of rotatable bonds is 6. The number of hydrogen-bond acceptors (Lipinski definition) is 3. The minimum Gasteiger partial charge on any atom is -0.456 e. The van der Waals surface area contributed by atoms with Crippen LogP contribution in [0.4, 0.5) is 0 Å². The van der Waals surface area contributed by atoms with Crippen molar-refractivity contribution in [1.29, 1.82) is 0 Å². The van der Waals surface area contributed by atoms with Crippen molar-refractivity contribution in [3.8, 4) is 11.5 Å². The lowest BCUT2D eigenvalue weighted by atomic mass is 10.2. The van der Waals surface area contributed by atoms with Crippen LogP contribution in [0.3, 0.4) is 0 Å². The first kappa shape index (κ1) is 14.0. The molecule has 0 fully saturated rings. The number of nitrogens with one attached hydrogen (secondary N) is 1. The molecule has 100 valence electrons. The van der Waals surface area contributed by atoms with E-state index in [0.717, 1.165) is 29.5 Å². The summed E-state index contributed by atoms with van der Waals surface area (Å²) in [6.07, 6.45) is 2.06. The third-order valence-corrected chi connectivity index (χ3v) is 3.58. The maximum atomic E-state index is 5.92. The molecule has 0 heterocycles. The number of ether oxygens (including phenoxy) is 1. The first-order valence-electron chi connectivity index (χ1n) is 6.44. The first-order chi connectivity index (χ1) is 9.33. The highest BCUT2D eigenvalue weighted by Crippen LogP contribution is 2.31. The second-order valence-corrected chi connectivity index (χ2v) is 5.03. The molecule has 0 aliphatic rings. The molecule has 0 aliphatic heterocycles. The Morgan fingerprint density at radius 1 is 1.05 bits per heavy atom. The van der Waals surface area contributed by atoms with E-state index in [4.69, 9.17) is 4.74 Å². The summed E-state index contributed by atoms with van der Waals surface area (Å²) in [6, 6.07) is 16.3. The van der Waals surface area contributed by atoms with Crippen molar-refractivity contribution in [1.82, 2.24) is 5.32 Å². The molecule has 0 atom stereocenters. The highest BCUT2D eigenvalue weighted by atomic mass is 32.2. The van der Waals surface area contributed by atoms with Crippen LogP contribution in [0.1, 0.15) is 12.5 Å². The Balaban J connectivity index is 2.06. The van der Waals surface area contributed by atoms with Crippen LogP contribution >= 0.6 is 11.8 Å². The highest BCUT2D eigenvalue weighted by Gasteiger charge is 2.03. The molecular formula is C16H19NOS. The van der Waals surface area contributed by atoms with Gasteiger partial charge in [0.2, 0.25) is 0 Å². The summed E-state index contributed by atoms with van der Waals surface area (Å²) >= 11 is 1.69. The van der Waals surface area contributed by atoms with Gasteiger partial charge in [-0.1, -0.05) is 31.2 Å². The summed E-state index contributed by atoms with van der Waals surface area (Å²) < 4.78 is 5.92. The third kappa shape index (κ3) is 4.01. The largest absolute Gasteiger partial charge is 0.456 e. The molecule has 0 amide bonds. The van der Waals surface area contributed by atoms with Gasteiger partial charge in [0.1, 0.15) is 11.5 Å². The van der Waals surface area contributed by atoms with Gasteiger partial charge in [-0.05, 0) is 42.6 Å². The minimum atomic E-state index is 0.877. The van der Waals surface area contributed by atoms with Gasteiger partial charge in [-0.2, -0.15) is 0 Å². The number of para-hydroxylation sites is 1. The topological polar surface area (TPSA) is 21.3 Å². The van der Waals surface area contributed by atoms with E-state index in [2.05, 4.69) is 36.7 Å². The van der Waals surface area contributed by atoms with E-state index in [1.807, 2.05) is 30.3 Å². The molecule has 19 heavy (non-hydrogen) atoms. The van der Waals surface area contributed by atoms with E-state index in [1.165, 1.54) is 5.56 Å². The zero-order chi connectivity index (χ0) is 13.5. The van der Waals surface area contributed by atoms with Crippen molar-refractivity contribution in [2.24, 2.45) is 0 Å². The molecule has 0 spiro atoms.